The summed E-state index contributed by atoms with van der Waals surface area (Å²) in [4.78, 5) is 8.43. The molecule has 3 heteroatoms. The lowest BCUT2D eigenvalue weighted by Gasteiger charge is -2.06. The molecule has 3 nitrogen and oxygen atoms in total. The van der Waals surface area contributed by atoms with Gasteiger partial charge in [-0.15, -0.1) is 0 Å². The lowest BCUT2D eigenvalue weighted by Crippen LogP contribution is -2.04. The van der Waals surface area contributed by atoms with Crippen molar-refractivity contribution in [2.24, 2.45) is 5.73 Å². The summed E-state index contributed by atoms with van der Waals surface area (Å²) in [6.45, 7) is 0.630. The van der Waals surface area contributed by atoms with Crippen LogP contribution in [0.5, 0.6) is 0 Å². The SMILES string of the molecule is NCCc1cnccc1-c1ccccn1. The molecule has 2 N–H and O–H groups in total. The molecule has 2 heterocycles. The summed E-state index contributed by atoms with van der Waals surface area (Å²) < 4.78 is 0. The normalized spacial score (nSPS) is 10.2. The maximum atomic E-state index is 5.56. The first kappa shape index (κ1) is 9.80. The van der Waals surface area contributed by atoms with Gasteiger partial charge in [-0.1, -0.05) is 6.07 Å². The number of nitrogens with two attached hydrogens (primary N) is 1. The monoisotopic (exact) mass is 199 g/mol. The molecule has 0 amide bonds. The predicted molar refractivity (Wildman–Crippen MR) is 60.2 cm³/mol. The van der Waals surface area contributed by atoms with Crippen LogP contribution in [0.25, 0.3) is 11.3 Å². The number of nitrogens with zero attached hydrogens (tertiary/aromatic N) is 2. The zero-order chi connectivity index (χ0) is 10.5. The van der Waals surface area contributed by atoms with Crippen molar-refractivity contribution in [3.63, 3.8) is 0 Å². The minimum absolute atomic E-state index is 0.630. The molecular weight excluding hydrogens is 186 g/mol. The lowest BCUT2D eigenvalue weighted by atomic mass is 10.0. The predicted octanol–water partition coefficient (Wildman–Crippen LogP) is 1.64. The van der Waals surface area contributed by atoms with Gasteiger partial charge in [0.15, 0.2) is 0 Å². The summed E-state index contributed by atoms with van der Waals surface area (Å²) in [7, 11) is 0. The first-order valence-corrected chi connectivity index (χ1v) is 4.96. The van der Waals surface area contributed by atoms with Crippen molar-refractivity contribution in [3.8, 4) is 11.3 Å². The van der Waals surface area contributed by atoms with Crippen molar-refractivity contribution < 1.29 is 0 Å². The number of aromatic nitrogens is 2. The first-order valence-electron chi connectivity index (χ1n) is 4.96. The summed E-state index contributed by atoms with van der Waals surface area (Å²) in [6.07, 6.45) is 6.27. The van der Waals surface area contributed by atoms with E-state index < -0.39 is 0 Å². The molecule has 0 unspecified atom stereocenters. The summed E-state index contributed by atoms with van der Waals surface area (Å²) in [5.74, 6) is 0. The highest BCUT2D eigenvalue weighted by Crippen LogP contribution is 2.20. The zero-order valence-corrected chi connectivity index (χ0v) is 8.43. The fourth-order valence-corrected chi connectivity index (χ4v) is 1.55. The molecule has 0 aromatic carbocycles. The zero-order valence-electron chi connectivity index (χ0n) is 8.43. The molecule has 76 valence electrons. The van der Waals surface area contributed by atoms with Crippen molar-refractivity contribution in [3.05, 3.63) is 48.4 Å². The maximum Gasteiger partial charge on any atom is 0.0705 e. The van der Waals surface area contributed by atoms with Gasteiger partial charge in [-0.3, -0.25) is 9.97 Å². The molecule has 0 saturated carbocycles. The standard InChI is InChI=1S/C12H13N3/c13-6-4-10-9-14-8-5-11(10)12-3-1-2-7-15-12/h1-3,5,7-9H,4,6,13H2. The van der Waals surface area contributed by atoms with E-state index in [9.17, 15) is 0 Å². The Labute approximate surface area is 89.0 Å². The topological polar surface area (TPSA) is 51.8 Å². The molecule has 2 rings (SSSR count). The lowest BCUT2D eigenvalue weighted by molar-refractivity contribution is 0.959. The van der Waals surface area contributed by atoms with E-state index in [0.29, 0.717) is 6.54 Å². The van der Waals surface area contributed by atoms with Gasteiger partial charge >= 0.3 is 0 Å². The Kier molecular flexibility index (Phi) is 3.05. The highest BCUT2D eigenvalue weighted by molar-refractivity contribution is 5.62. The molecular formula is C12H13N3. The fraction of sp³-hybridized carbons (Fsp3) is 0.167. The van der Waals surface area contributed by atoms with E-state index in [1.807, 2.05) is 30.5 Å². The van der Waals surface area contributed by atoms with Crippen molar-refractivity contribution in [1.29, 1.82) is 0 Å². The Balaban J connectivity index is 2.43. The minimum Gasteiger partial charge on any atom is -0.330 e. The van der Waals surface area contributed by atoms with Gasteiger partial charge in [-0.25, -0.2) is 0 Å². The second kappa shape index (κ2) is 4.66. The molecule has 0 aliphatic rings. The Morgan fingerprint density at radius 3 is 2.80 bits per heavy atom. The van der Waals surface area contributed by atoms with Gasteiger partial charge in [0.25, 0.3) is 0 Å². The fourth-order valence-electron chi connectivity index (χ4n) is 1.55. The molecule has 2 aromatic rings. The van der Waals surface area contributed by atoms with Crippen molar-refractivity contribution in [2.75, 3.05) is 6.54 Å². The van der Waals surface area contributed by atoms with Crippen molar-refractivity contribution >= 4 is 0 Å². The Morgan fingerprint density at radius 1 is 1.13 bits per heavy atom. The van der Waals surface area contributed by atoms with Gasteiger partial charge in [0.2, 0.25) is 0 Å². The van der Waals surface area contributed by atoms with Crippen LogP contribution in [0.3, 0.4) is 0 Å². The van der Waals surface area contributed by atoms with E-state index in [2.05, 4.69) is 9.97 Å². The Morgan fingerprint density at radius 2 is 2.07 bits per heavy atom. The third kappa shape index (κ3) is 2.19. The van der Waals surface area contributed by atoms with E-state index in [4.69, 9.17) is 5.73 Å². The summed E-state index contributed by atoms with van der Waals surface area (Å²) >= 11 is 0. The molecule has 0 bridgehead atoms. The van der Waals surface area contributed by atoms with Gasteiger partial charge in [0, 0.05) is 24.2 Å². The van der Waals surface area contributed by atoms with Crippen LogP contribution in [0.4, 0.5) is 0 Å². The van der Waals surface area contributed by atoms with Crippen LogP contribution in [0.15, 0.2) is 42.9 Å². The van der Waals surface area contributed by atoms with Gasteiger partial charge in [-0.2, -0.15) is 0 Å². The van der Waals surface area contributed by atoms with Crippen LogP contribution in [0.2, 0.25) is 0 Å². The van der Waals surface area contributed by atoms with Crippen molar-refractivity contribution in [1.82, 2.24) is 9.97 Å². The summed E-state index contributed by atoms with van der Waals surface area (Å²) in [6, 6.07) is 7.87. The van der Waals surface area contributed by atoms with Crippen molar-refractivity contribution in [2.45, 2.75) is 6.42 Å². The second-order valence-electron chi connectivity index (χ2n) is 3.29. The largest absolute Gasteiger partial charge is 0.330 e. The third-order valence-corrected chi connectivity index (χ3v) is 2.26. The number of hydrogen-bond acceptors (Lipinski definition) is 3. The first-order chi connectivity index (χ1) is 7.42. The quantitative estimate of drug-likeness (QED) is 0.817. The van der Waals surface area contributed by atoms with E-state index in [-0.39, 0.29) is 0 Å². The molecule has 0 radical (unpaired) electrons. The molecule has 2 aromatic heterocycles. The van der Waals surface area contributed by atoms with E-state index >= 15 is 0 Å². The smallest absolute Gasteiger partial charge is 0.0705 e. The average molecular weight is 199 g/mol. The minimum atomic E-state index is 0.630. The van der Waals surface area contributed by atoms with Gasteiger partial charge in [0.05, 0.1) is 5.69 Å². The van der Waals surface area contributed by atoms with Crippen LogP contribution in [0, 0.1) is 0 Å². The van der Waals surface area contributed by atoms with Gasteiger partial charge in [-0.05, 0) is 36.7 Å². The molecule has 0 saturated heterocycles. The molecule has 0 spiro atoms. The van der Waals surface area contributed by atoms with Crippen LogP contribution < -0.4 is 5.73 Å². The molecule has 0 aliphatic carbocycles. The van der Waals surface area contributed by atoms with Crippen LogP contribution in [-0.4, -0.2) is 16.5 Å². The van der Waals surface area contributed by atoms with Gasteiger partial charge < -0.3 is 5.73 Å². The highest BCUT2D eigenvalue weighted by Gasteiger charge is 2.04. The second-order valence-corrected chi connectivity index (χ2v) is 3.29. The molecule has 0 aliphatic heterocycles. The van der Waals surface area contributed by atoms with Gasteiger partial charge in [0.1, 0.15) is 0 Å². The van der Waals surface area contributed by atoms with E-state index in [1.54, 1.807) is 12.4 Å². The molecule has 0 fully saturated rings. The van der Waals surface area contributed by atoms with Crippen LogP contribution in [-0.2, 0) is 6.42 Å². The average Bonchev–Trinajstić information content (AvgIpc) is 2.31. The Bertz CT molecular complexity index is 426. The van der Waals surface area contributed by atoms with E-state index in [0.717, 1.165) is 23.2 Å². The summed E-state index contributed by atoms with van der Waals surface area (Å²) in [5.41, 5.74) is 8.81. The number of hydrogen-bond donors (Lipinski definition) is 1. The third-order valence-electron chi connectivity index (χ3n) is 2.26. The maximum absolute atomic E-state index is 5.56. The van der Waals surface area contributed by atoms with Crippen LogP contribution in [0.1, 0.15) is 5.56 Å². The Hall–Kier alpha value is -1.74. The number of pyridine rings is 2. The molecule has 15 heavy (non-hydrogen) atoms. The molecule has 0 atom stereocenters. The van der Waals surface area contributed by atoms with E-state index in [1.165, 1.54) is 0 Å². The highest BCUT2D eigenvalue weighted by atomic mass is 14.7. The summed E-state index contributed by atoms with van der Waals surface area (Å²) in [5, 5.41) is 0. The number of rotatable bonds is 3. The van der Waals surface area contributed by atoms with Crippen LogP contribution >= 0.6 is 0 Å².